The average Bonchev–Trinajstić information content (AvgIpc) is 3.27. The summed E-state index contributed by atoms with van der Waals surface area (Å²) in [6.45, 7) is 0. The molecule has 2 heterocycles. The predicted molar refractivity (Wildman–Crippen MR) is 115 cm³/mol. The Bertz CT molecular complexity index is 1120. The number of aliphatic imine (C=N–C) groups is 1. The number of phenolic OH excluding ortho intramolecular Hbond substituents is 1. The summed E-state index contributed by atoms with van der Waals surface area (Å²) >= 11 is 3.52. The molecular weight excluding hydrogens is 372 g/mol. The minimum Gasteiger partial charge on any atom is -0.507 e. The first-order chi connectivity index (χ1) is 13.3. The third-order valence-corrected chi connectivity index (χ3v) is 7.17. The van der Waals surface area contributed by atoms with Gasteiger partial charge in [-0.1, -0.05) is 24.3 Å². The highest BCUT2D eigenvalue weighted by molar-refractivity contribution is 7.22. The van der Waals surface area contributed by atoms with Crippen molar-refractivity contribution < 1.29 is 5.11 Å². The molecule has 0 spiro atoms. The van der Waals surface area contributed by atoms with E-state index in [0.717, 1.165) is 33.9 Å². The number of benzene rings is 2. The molecule has 27 heavy (non-hydrogen) atoms. The molecule has 0 aliphatic heterocycles. The van der Waals surface area contributed by atoms with Crippen LogP contribution >= 0.6 is 22.7 Å². The average molecular weight is 391 g/mol. The molecule has 0 amide bonds. The fourth-order valence-electron chi connectivity index (χ4n) is 3.57. The maximum absolute atomic E-state index is 10.0. The Balaban J connectivity index is 1.65. The lowest BCUT2D eigenvalue weighted by Crippen LogP contribution is -1.99. The van der Waals surface area contributed by atoms with Gasteiger partial charge in [0, 0.05) is 16.7 Å². The van der Waals surface area contributed by atoms with Crippen LogP contribution in [-0.2, 0) is 12.8 Å². The summed E-state index contributed by atoms with van der Waals surface area (Å²) in [5.74, 6) is 0.254. The molecule has 1 N–H and O–H groups in total. The number of para-hydroxylation sites is 2. The molecule has 134 valence electrons. The van der Waals surface area contributed by atoms with Crippen LogP contribution in [0, 0.1) is 0 Å². The van der Waals surface area contributed by atoms with E-state index in [1.54, 1.807) is 35.0 Å². The molecule has 5 rings (SSSR count). The first kappa shape index (κ1) is 16.7. The summed E-state index contributed by atoms with van der Waals surface area (Å²) in [6.07, 6.45) is 6.47. The Morgan fingerprint density at radius 2 is 1.78 bits per heavy atom. The number of rotatable bonds is 3. The second-order valence-electron chi connectivity index (χ2n) is 6.69. The number of nitrogens with zero attached hydrogens (tertiary/aromatic N) is 2. The van der Waals surface area contributed by atoms with Crippen molar-refractivity contribution >= 4 is 44.1 Å². The maximum atomic E-state index is 10.0. The summed E-state index contributed by atoms with van der Waals surface area (Å²) in [6, 6.07) is 15.6. The molecule has 4 aromatic rings. The van der Waals surface area contributed by atoms with Crippen molar-refractivity contribution in [2.75, 3.05) is 0 Å². The van der Waals surface area contributed by atoms with E-state index in [4.69, 9.17) is 9.98 Å². The molecule has 1 aliphatic rings. The molecule has 0 atom stereocenters. The van der Waals surface area contributed by atoms with E-state index in [-0.39, 0.29) is 5.75 Å². The van der Waals surface area contributed by atoms with Crippen molar-refractivity contribution in [3.8, 4) is 16.3 Å². The van der Waals surface area contributed by atoms with Crippen LogP contribution in [0.5, 0.6) is 5.75 Å². The number of hydrogen-bond donors (Lipinski definition) is 1. The van der Waals surface area contributed by atoms with Crippen molar-refractivity contribution in [2.45, 2.75) is 25.7 Å². The number of aromatic nitrogens is 1. The van der Waals surface area contributed by atoms with Crippen LogP contribution in [0.2, 0.25) is 0 Å². The lowest BCUT2D eigenvalue weighted by molar-refractivity contribution is 0.474. The normalized spacial score (nSPS) is 14.1. The minimum absolute atomic E-state index is 0.254. The fourth-order valence-corrected chi connectivity index (χ4v) is 5.91. The number of thiazole rings is 1. The molecule has 5 heteroatoms. The summed E-state index contributed by atoms with van der Waals surface area (Å²) in [4.78, 5) is 11.1. The van der Waals surface area contributed by atoms with Gasteiger partial charge in [0.15, 0.2) is 0 Å². The van der Waals surface area contributed by atoms with Gasteiger partial charge in [0.2, 0.25) is 0 Å². The van der Waals surface area contributed by atoms with Crippen LogP contribution in [0.3, 0.4) is 0 Å². The Labute approximate surface area is 165 Å². The Hall–Kier alpha value is -2.50. The van der Waals surface area contributed by atoms with Gasteiger partial charge < -0.3 is 5.11 Å². The number of hydrogen-bond acceptors (Lipinski definition) is 5. The zero-order chi connectivity index (χ0) is 18.2. The van der Waals surface area contributed by atoms with Gasteiger partial charge in [0.25, 0.3) is 0 Å². The van der Waals surface area contributed by atoms with Crippen molar-refractivity contribution in [3.05, 3.63) is 64.5 Å². The standard InChI is InChI=1S/C22H18N2OS2/c25-17-10-4-1-7-14(17)13-23-21-20(15-8-2-5-11-18(15)26-21)22-24-16-9-3-6-12-19(16)27-22/h1,3-4,6-7,9-10,12-13,25H,2,5,8,11H2/b23-13-. The molecule has 2 aromatic heterocycles. The summed E-state index contributed by atoms with van der Waals surface area (Å²) in [7, 11) is 0. The van der Waals surface area contributed by atoms with Crippen LogP contribution in [0.1, 0.15) is 28.8 Å². The van der Waals surface area contributed by atoms with Gasteiger partial charge in [-0.05, 0) is 55.5 Å². The third kappa shape index (κ3) is 3.07. The molecule has 0 radical (unpaired) electrons. The summed E-state index contributed by atoms with van der Waals surface area (Å²) < 4.78 is 1.21. The maximum Gasteiger partial charge on any atom is 0.127 e. The quantitative estimate of drug-likeness (QED) is 0.414. The number of fused-ring (bicyclic) bond motifs is 2. The number of phenols is 1. The molecule has 0 saturated carbocycles. The van der Waals surface area contributed by atoms with E-state index >= 15 is 0 Å². The van der Waals surface area contributed by atoms with Crippen molar-refractivity contribution in [1.82, 2.24) is 4.98 Å². The Morgan fingerprint density at radius 3 is 2.67 bits per heavy atom. The highest BCUT2D eigenvalue weighted by Crippen LogP contribution is 2.47. The monoisotopic (exact) mass is 390 g/mol. The molecule has 0 bridgehead atoms. The van der Waals surface area contributed by atoms with Crippen LogP contribution < -0.4 is 0 Å². The van der Waals surface area contributed by atoms with Crippen LogP contribution in [0.4, 0.5) is 5.00 Å². The van der Waals surface area contributed by atoms with E-state index < -0.39 is 0 Å². The first-order valence-corrected chi connectivity index (χ1v) is 10.8. The zero-order valence-electron chi connectivity index (χ0n) is 14.7. The van der Waals surface area contributed by atoms with Crippen LogP contribution in [0.15, 0.2) is 53.5 Å². The number of aromatic hydroxyl groups is 1. The molecule has 2 aromatic carbocycles. The van der Waals surface area contributed by atoms with E-state index in [1.165, 1.54) is 33.5 Å². The molecule has 0 fully saturated rings. The third-order valence-electron chi connectivity index (χ3n) is 4.92. The van der Waals surface area contributed by atoms with E-state index in [2.05, 4.69) is 18.2 Å². The van der Waals surface area contributed by atoms with Crippen molar-refractivity contribution in [3.63, 3.8) is 0 Å². The molecule has 3 nitrogen and oxygen atoms in total. The Kier molecular flexibility index (Phi) is 4.26. The smallest absolute Gasteiger partial charge is 0.127 e. The van der Waals surface area contributed by atoms with E-state index in [0.29, 0.717) is 0 Å². The van der Waals surface area contributed by atoms with Gasteiger partial charge in [0.1, 0.15) is 15.8 Å². The number of thiophene rings is 1. The molecule has 0 saturated heterocycles. The topological polar surface area (TPSA) is 45.5 Å². The van der Waals surface area contributed by atoms with Gasteiger partial charge in [-0.15, -0.1) is 22.7 Å². The lowest BCUT2D eigenvalue weighted by atomic mass is 9.96. The molecule has 0 unspecified atom stereocenters. The fraction of sp³-hybridized carbons (Fsp3) is 0.182. The highest BCUT2D eigenvalue weighted by atomic mass is 32.1. The second kappa shape index (κ2) is 6.91. The van der Waals surface area contributed by atoms with Crippen LogP contribution in [-0.4, -0.2) is 16.3 Å². The molecule has 1 aliphatic carbocycles. The SMILES string of the molecule is Oc1ccccc1/C=N\c1sc2c(c1-c1nc3ccccc3s1)CCCC2. The van der Waals surface area contributed by atoms with E-state index in [1.807, 2.05) is 24.3 Å². The van der Waals surface area contributed by atoms with Crippen molar-refractivity contribution in [2.24, 2.45) is 4.99 Å². The Morgan fingerprint density at radius 1 is 0.963 bits per heavy atom. The minimum atomic E-state index is 0.254. The van der Waals surface area contributed by atoms with Gasteiger partial charge in [-0.3, -0.25) is 0 Å². The molecular formula is C22H18N2OS2. The number of aryl methyl sites for hydroxylation is 1. The highest BCUT2D eigenvalue weighted by Gasteiger charge is 2.23. The van der Waals surface area contributed by atoms with Gasteiger partial charge in [0.05, 0.1) is 15.8 Å². The lowest BCUT2D eigenvalue weighted by Gasteiger charge is -2.11. The van der Waals surface area contributed by atoms with Gasteiger partial charge >= 0.3 is 0 Å². The van der Waals surface area contributed by atoms with Crippen molar-refractivity contribution in [1.29, 1.82) is 0 Å². The second-order valence-corrected chi connectivity index (χ2v) is 8.81. The summed E-state index contributed by atoms with van der Waals surface area (Å²) in [5.41, 5.74) is 4.40. The van der Waals surface area contributed by atoms with Gasteiger partial charge in [-0.2, -0.15) is 0 Å². The first-order valence-electron chi connectivity index (χ1n) is 9.12. The summed E-state index contributed by atoms with van der Waals surface area (Å²) in [5, 5.41) is 12.1. The largest absolute Gasteiger partial charge is 0.507 e. The zero-order valence-corrected chi connectivity index (χ0v) is 16.3. The van der Waals surface area contributed by atoms with E-state index in [9.17, 15) is 5.11 Å². The predicted octanol–water partition coefficient (Wildman–Crippen LogP) is 6.36. The van der Waals surface area contributed by atoms with Crippen LogP contribution in [0.25, 0.3) is 20.8 Å². The van der Waals surface area contributed by atoms with Gasteiger partial charge in [-0.25, -0.2) is 9.98 Å².